The molecule has 0 saturated carbocycles. The molecule has 0 aromatic heterocycles. The smallest absolute Gasteiger partial charge is 0.123 e. The largest absolute Gasteiger partial charge is 0.364 e. The van der Waals surface area contributed by atoms with Gasteiger partial charge in [-0.3, -0.25) is 4.99 Å². The van der Waals surface area contributed by atoms with Gasteiger partial charge in [0.1, 0.15) is 17.7 Å². The summed E-state index contributed by atoms with van der Waals surface area (Å²) >= 11 is 0. The fraction of sp³-hybridized carbons (Fsp3) is 0.174. The Balaban J connectivity index is 1.69. The van der Waals surface area contributed by atoms with Gasteiger partial charge in [-0.2, -0.15) is 0 Å². The number of nitrogens with one attached hydrogen (secondary N) is 1. The van der Waals surface area contributed by atoms with Crippen molar-refractivity contribution in [2.75, 3.05) is 0 Å². The Hall–Kier alpha value is -2.94. The summed E-state index contributed by atoms with van der Waals surface area (Å²) in [6, 6.07) is 27.6. The van der Waals surface area contributed by atoms with Gasteiger partial charge < -0.3 is 5.32 Å². The first-order chi connectivity index (χ1) is 12.7. The molecular formula is C23H21FN2. The van der Waals surface area contributed by atoms with Crippen molar-refractivity contribution in [3.05, 3.63) is 107 Å². The second-order valence-electron chi connectivity index (χ2n) is 6.68. The Labute approximate surface area is 153 Å². The van der Waals surface area contributed by atoms with Crippen LogP contribution in [0, 0.1) is 5.82 Å². The van der Waals surface area contributed by atoms with E-state index in [1.807, 2.05) is 36.4 Å². The van der Waals surface area contributed by atoms with E-state index in [1.165, 1.54) is 23.3 Å². The van der Waals surface area contributed by atoms with Crippen LogP contribution < -0.4 is 5.32 Å². The molecule has 0 spiro atoms. The van der Waals surface area contributed by atoms with Crippen molar-refractivity contribution < 1.29 is 4.39 Å². The predicted octanol–water partition coefficient (Wildman–Crippen LogP) is 5.41. The molecule has 2 nitrogen and oxygen atoms in total. The molecule has 26 heavy (non-hydrogen) atoms. The molecule has 4 rings (SSSR count). The van der Waals surface area contributed by atoms with Gasteiger partial charge in [0.25, 0.3) is 0 Å². The molecule has 130 valence electrons. The Morgan fingerprint density at radius 1 is 0.808 bits per heavy atom. The molecule has 3 unspecified atom stereocenters. The molecule has 0 amide bonds. The highest BCUT2D eigenvalue weighted by atomic mass is 19.1. The van der Waals surface area contributed by atoms with Gasteiger partial charge >= 0.3 is 0 Å². The van der Waals surface area contributed by atoms with Crippen LogP contribution in [0.25, 0.3) is 0 Å². The second-order valence-corrected chi connectivity index (χ2v) is 6.68. The van der Waals surface area contributed by atoms with Crippen LogP contribution in [0.4, 0.5) is 4.39 Å². The third-order valence-electron chi connectivity index (χ3n) is 4.98. The highest BCUT2D eigenvalue weighted by Gasteiger charge is 2.33. The maximum atomic E-state index is 13.2. The van der Waals surface area contributed by atoms with E-state index in [0.29, 0.717) is 0 Å². The summed E-state index contributed by atoms with van der Waals surface area (Å²) in [7, 11) is 0. The first-order valence-corrected chi connectivity index (χ1v) is 8.92. The zero-order valence-electron chi connectivity index (χ0n) is 14.6. The number of amidine groups is 1. The monoisotopic (exact) mass is 344 g/mol. The van der Waals surface area contributed by atoms with Crippen LogP contribution in [-0.4, -0.2) is 5.84 Å². The second kappa shape index (κ2) is 7.12. The number of benzene rings is 3. The van der Waals surface area contributed by atoms with Gasteiger partial charge in [0, 0.05) is 5.92 Å². The number of halogens is 1. The third kappa shape index (κ3) is 3.25. The van der Waals surface area contributed by atoms with Crippen LogP contribution in [0.3, 0.4) is 0 Å². The van der Waals surface area contributed by atoms with Gasteiger partial charge in [0.05, 0.1) is 6.04 Å². The minimum atomic E-state index is -0.216. The Kier molecular flexibility index (Phi) is 4.53. The van der Waals surface area contributed by atoms with Crippen molar-refractivity contribution in [1.29, 1.82) is 0 Å². The van der Waals surface area contributed by atoms with E-state index in [2.05, 4.69) is 48.6 Å². The van der Waals surface area contributed by atoms with Gasteiger partial charge in [-0.15, -0.1) is 0 Å². The van der Waals surface area contributed by atoms with E-state index in [1.54, 1.807) is 0 Å². The number of nitrogens with zero attached hydrogens (tertiary/aromatic N) is 1. The van der Waals surface area contributed by atoms with Gasteiger partial charge in [-0.25, -0.2) is 4.39 Å². The fourth-order valence-electron chi connectivity index (χ4n) is 3.49. The average Bonchev–Trinajstić information content (AvgIpc) is 3.15. The predicted molar refractivity (Wildman–Crippen MR) is 104 cm³/mol. The molecule has 0 saturated heterocycles. The summed E-state index contributed by atoms with van der Waals surface area (Å²) in [5.74, 6) is 0.807. The summed E-state index contributed by atoms with van der Waals surface area (Å²) in [6.07, 6.45) is 0. The lowest BCUT2D eigenvalue weighted by atomic mass is 9.95. The zero-order chi connectivity index (χ0) is 17.9. The number of hydrogen-bond donors (Lipinski definition) is 1. The Bertz CT molecular complexity index is 889. The van der Waals surface area contributed by atoms with Crippen molar-refractivity contribution in [1.82, 2.24) is 5.32 Å². The van der Waals surface area contributed by atoms with E-state index in [4.69, 9.17) is 4.99 Å². The maximum Gasteiger partial charge on any atom is 0.123 e. The molecule has 0 fully saturated rings. The quantitative estimate of drug-likeness (QED) is 0.672. The van der Waals surface area contributed by atoms with Crippen LogP contribution in [0.2, 0.25) is 0 Å². The molecule has 1 aliphatic rings. The SMILES string of the molecule is CC(C1=NC(c2ccccc2)C(c2ccccc2)N1)c1ccc(F)cc1. The van der Waals surface area contributed by atoms with E-state index < -0.39 is 0 Å². The lowest BCUT2D eigenvalue weighted by Gasteiger charge is -2.20. The van der Waals surface area contributed by atoms with Crippen molar-refractivity contribution in [3.63, 3.8) is 0 Å². The van der Waals surface area contributed by atoms with Crippen molar-refractivity contribution >= 4 is 5.84 Å². The van der Waals surface area contributed by atoms with Gasteiger partial charge in [-0.05, 0) is 28.8 Å². The molecule has 3 aromatic carbocycles. The highest BCUT2D eigenvalue weighted by Crippen LogP contribution is 2.38. The Morgan fingerprint density at radius 3 is 2.00 bits per heavy atom. The summed E-state index contributed by atoms with van der Waals surface area (Å²) in [5.41, 5.74) is 3.46. The van der Waals surface area contributed by atoms with Crippen LogP contribution in [0.15, 0.2) is 89.9 Å². The first kappa shape index (κ1) is 16.5. The molecule has 3 heteroatoms. The van der Waals surface area contributed by atoms with Crippen molar-refractivity contribution in [2.45, 2.75) is 24.9 Å². The molecule has 1 aliphatic heterocycles. The lowest BCUT2D eigenvalue weighted by Crippen LogP contribution is -2.27. The van der Waals surface area contributed by atoms with Gasteiger partial charge in [0.15, 0.2) is 0 Å². The van der Waals surface area contributed by atoms with Crippen LogP contribution in [0.5, 0.6) is 0 Å². The minimum absolute atomic E-state index is 0.0245. The Morgan fingerprint density at radius 2 is 1.38 bits per heavy atom. The number of aliphatic imine (C=N–C) groups is 1. The topological polar surface area (TPSA) is 24.4 Å². The van der Waals surface area contributed by atoms with E-state index in [-0.39, 0.29) is 23.8 Å². The van der Waals surface area contributed by atoms with Crippen LogP contribution >= 0.6 is 0 Å². The van der Waals surface area contributed by atoms with E-state index in [9.17, 15) is 4.39 Å². The fourth-order valence-corrected chi connectivity index (χ4v) is 3.49. The molecule has 1 N–H and O–H groups in total. The molecule has 1 heterocycles. The third-order valence-corrected chi connectivity index (χ3v) is 4.98. The summed E-state index contributed by atoms with van der Waals surface area (Å²) in [4.78, 5) is 5.03. The average molecular weight is 344 g/mol. The first-order valence-electron chi connectivity index (χ1n) is 8.92. The zero-order valence-corrected chi connectivity index (χ0v) is 14.6. The van der Waals surface area contributed by atoms with Crippen LogP contribution in [0.1, 0.15) is 41.6 Å². The molecule has 3 atom stereocenters. The molecular weight excluding hydrogens is 323 g/mol. The summed E-state index contributed by atoms with van der Waals surface area (Å²) < 4.78 is 13.2. The minimum Gasteiger partial charge on any atom is -0.364 e. The van der Waals surface area contributed by atoms with Crippen molar-refractivity contribution in [3.8, 4) is 0 Å². The van der Waals surface area contributed by atoms with Gasteiger partial charge in [0.2, 0.25) is 0 Å². The van der Waals surface area contributed by atoms with Crippen LogP contribution in [-0.2, 0) is 0 Å². The number of hydrogen-bond acceptors (Lipinski definition) is 2. The molecule has 0 aliphatic carbocycles. The summed E-state index contributed by atoms with van der Waals surface area (Å²) in [5, 5.41) is 3.62. The summed E-state index contributed by atoms with van der Waals surface area (Å²) in [6.45, 7) is 2.11. The molecule has 3 aromatic rings. The molecule has 0 bridgehead atoms. The lowest BCUT2D eigenvalue weighted by molar-refractivity contribution is 0.571. The maximum absolute atomic E-state index is 13.2. The van der Waals surface area contributed by atoms with E-state index in [0.717, 1.165) is 11.4 Å². The van der Waals surface area contributed by atoms with E-state index >= 15 is 0 Å². The highest BCUT2D eigenvalue weighted by molar-refractivity contribution is 5.91. The standard InChI is InChI=1S/C23H21FN2/c1-16(17-12-14-20(24)15-13-17)23-25-21(18-8-4-2-5-9-18)22(26-23)19-10-6-3-7-11-19/h2-16,21-22H,1H3,(H,25,26). The van der Waals surface area contributed by atoms with Gasteiger partial charge in [-0.1, -0.05) is 79.7 Å². The normalized spacial score (nSPS) is 20.3. The number of rotatable bonds is 4. The molecule has 0 radical (unpaired) electrons. The van der Waals surface area contributed by atoms with Crippen molar-refractivity contribution in [2.24, 2.45) is 4.99 Å².